The number of H-pyrrole nitrogens is 1. The van der Waals surface area contributed by atoms with E-state index in [1.165, 1.54) is 34.9 Å². The second kappa shape index (κ2) is 10.8. The number of aromatic amines is 1. The average molecular weight is 569 g/mol. The summed E-state index contributed by atoms with van der Waals surface area (Å²) in [7, 11) is 1.55. The zero-order chi connectivity index (χ0) is 29.3. The number of carbonyl (C=O) groups excluding carboxylic acids is 1. The van der Waals surface area contributed by atoms with Gasteiger partial charge in [0.25, 0.3) is 11.5 Å². The van der Waals surface area contributed by atoms with E-state index < -0.39 is 29.7 Å². The van der Waals surface area contributed by atoms with Crippen LogP contribution in [0.25, 0.3) is 22.0 Å². The van der Waals surface area contributed by atoms with Crippen molar-refractivity contribution in [3.05, 3.63) is 112 Å². The fraction of sp³-hybridized carbons (Fsp3) is 0.103. The van der Waals surface area contributed by atoms with E-state index in [1.807, 2.05) is 0 Å². The number of hydrogen-bond donors (Lipinski definition) is 2. The Balaban J connectivity index is 1.48. The minimum absolute atomic E-state index is 0.00139. The molecule has 5 aromatic rings. The smallest absolute Gasteiger partial charge is 0.454 e. The van der Waals surface area contributed by atoms with Gasteiger partial charge >= 0.3 is 6.36 Å². The number of benzene rings is 3. The third kappa shape index (κ3) is 6.06. The van der Waals surface area contributed by atoms with Gasteiger partial charge in [-0.25, -0.2) is 8.78 Å². The molecule has 0 bridgehead atoms. The number of ether oxygens (including phenoxy) is 2. The number of carbonyl (C=O) groups is 1. The van der Waals surface area contributed by atoms with Crippen molar-refractivity contribution >= 4 is 16.8 Å². The normalized spacial score (nSPS) is 11.5. The van der Waals surface area contributed by atoms with Crippen molar-refractivity contribution in [3.8, 4) is 28.4 Å². The zero-order valence-corrected chi connectivity index (χ0v) is 21.2. The SMILES string of the molecule is Cn1cc(-c2cc(C(=O)NCc3ccc(OC(F)(F)F)cc3)ccc2Oc2ccc(F)cc2F)c2cc[nH]c2c1=O. The summed E-state index contributed by atoms with van der Waals surface area (Å²) in [6, 6.07) is 13.9. The molecule has 2 aromatic heterocycles. The van der Waals surface area contributed by atoms with Crippen LogP contribution < -0.4 is 20.3 Å². The molecule has 41 heavy (non-hydrogen) atoms. The van der Waals surface area contributed by atoms with Crippen LogP contribution in [0.2, 0.25) is 0 Å². The maximum absolute atomic E-state index is 14.4. The van der Waals surface area contributed by atoms with E-state index in [9.17, 15) is 31.5 Å². The Hall–Kier alpha value is -5.13. The summed E-state index contributed by atoms with van der Waals surface area (Å²) in [6.07, 6.45) is -1.69. The Morgan fingerprint density at radius 2 is 1.68 bits per heavy atom. The van der Waals surface area contributed by atoms with Crippen LogP contribution in [-0.2, 0) is 13.6 Å². The number of fused-ring (bicyclic) bond motifs is 1. The third-order valence-corrected chi connectivity index (χ3v) is 6.15. The van der Waals surface area contributed by atoms with Crippen molar-refractivity contribution in [2.75, 3.05) is 0 Å². The first-order valence-corrected chi connectivity index (χ1v) is 12.1. The molecule has 0 aliphatic heterocycles. The van der Waals surface area contributed by atoms with Gasteiger partial charge in [0.05, 0.1) is 0 Å². The standard InChI is InChI=1S/C29H20F5N3O4/c1-37-15-22(20-10-11-35-26(20)28(37)39)21-12-17(4-8-24(21)40-25-9-5-18(30)13-23(25)31)27(38)36-14-16-2-6-19(7-3-16)41-29(32,33)34/h2-13,15,35H,14H2,1H3,(H,36,38). The largest absolute Gasteiger partial charge is 0.573 e. The molecule has 7 nitrogen and oxygen atoms in total. The zero-order valence-electron chi connectivity index (χ0n) is 21.2. The van der Waals surface area contributed by atoms with Crippen LogP contribution in [0.15, 0.2) is 83.9 Å². The first kappa shape index (κ1) is 27.4. The summed E-state index contributed by atoms with van der Waals surface area (Å²) in [4.78, 5) is 28.6. The molecule has 0 radical (unpaired) electrons. The number of halogens is 5. The van der Waals surface area contributed by atoms with E-state index in [-0.39, 0.29) is 29.2 Å². The minimum Gasteiger partial charge on any atom is -0.454 e. The average Bonchev–Trinajstić information content (AvgIpc) is 3.41. The van der Waals surface area contributed by atoms with E-state index in [4.69, 9.17) is 4.74 Å². The first-order valence-electron chi connectivity index (χ1n) is 12.1. The van der Waals surface area contributed by atoms with E-state index in [0.29, 0.717) is 33.7 Å². The summed E-state index contributed by atoms with van der Waals surface area (Å²) < 4.78 is 76.0. The molecule has 0 aliphatic carbocycles. The van der Waals surface area contributed by atoms with Gasteiger partial charge in [-0.2, -0.15) is 0 Å². The highest BCUT2D eigenvalue weighted by Crippen LogP contribution is 2.38. The third-order valence-electron chi connectivity index (χ3n) is 6.15. The molecule has 0 aliphatic rings. The number of rotatable bonds is 7. The van der Waals surface area contributed by atoms with Crippen LogP contribution in [0.4, 0.5) is 22.0 Å². The lowest BCUT2D eigenvalue weighted by Gasteiger charge is -2.15. The maximum Gasteiger partial charge on any atom is 0.573 e. The highest BCUT2D eigenvalue weighted by atomic mass is 19.4. The number of nitrogens with zero attached hydrogens (tertiary/aromatic N) is 1. The number of alkyl halides is 3. The van der Waals surface area contributed by atoms with Crippen molar-refractivity contribution in [3.63, 3.8) is 0 Å². The molecule has 0 saturated carbocycles. The molecule has 2 N–H and O–H groups in total. The molecule has 0 unspecified atom stereocenters. The van der Waals surface area contributed by atoms with Crippen LogP contribution in [0, 0.1) is 11.6 Å². The lowest BCUT2D eigenvalue weighted by Crippen LogP contribution is -2.23. The Morgan fingerprint density at radius 3 is 2.39 bits per heavy atom. The Labute approximate surface area is 228 Å². The molecule has 2 heterocycles. The molecule has 0 fully saturated rings. The highest BCUT2D eigenvalue weighted by Gasteiger charge is 2.31. The van der Waals surface area contributed by atoms with Gasteiger partial charge < -0.3 is 24.3 Å². The van der Waals surface area contributed by atoms with Gasteiger partial charge in [-0.15, -0.1) is 13.2 Å². The van der Waals surface area contributed by atoms with Gasteiger partial charge in [0, 0.05) is 54.1 Å². The number of pyridine rings is 1. The number of hydrogen-bond acceptors (Lipinski definition) is 4. The van der Waals surface area contributed by atoms with Crippen LogP contribution >= 0.6 is 0 Å². The van der Waals surface area contributed by atoms with E-state index in [0.717, 1.165) is 24.3 Å². The van der Waals surface area contributed by atoms with Gasteiger partial charge in [0.15, 0.2) is 11.6 Å². The Kier molecular flexibility index (Phi) is 7.22. The monoisotopic (exact) mass is 569 g/mol. The Morgan fingerprint density at radius 1 is 0.951 bits per heavy atom. The topological polar surface area (TPSA) is 85.3 Å². The fourth-order valence-electron chi connectivity index (χ4n) is 4.22. The lowest BCUT2D eigenvalue weighted by atomic mass is 10.00. The van der Waals surface area contributed by atoms with Gasteiger partial charge in [-0.1, -0.05) is 12.1 Å². The second-order valence-corrected chi connectivity index (χ2v) is 8.99. The number of amides is 1. The molecular formula is C29H20F5N3O4. The minimum atomic E-state index is -4.82. The molecule has 12 heteroatoms. The van der Waals surface area contributed by atoms with E-state index in [2.05, 4.69) is 15.0 Å². The number of aryl methyl sites for hydroxylation is 1. The van der Waals surface area contributed by atoms with E-state index >= 15 is 0 Å². The molecule has 1 amide bonds. The van der Waals surface area contributed by atoms with Gasteiger partial charge in [-0.05, 0) is 54.1 Å². The molecular weight excluding hydrogens is 549 g/mol. The van der Waals surface area contributed by atoms with Gasteiger partial charge in [0.1, 0.15) is 22.8 Å². The van der Waals surface area contributed by atoms with Crippen LogP contribution in [0.5, 0.6) is 17.2 Å². The van der Waals surface area contributed by atoms with Crippen molar-refractivity contribution in [2.45, 2.75) is 12.9 Å². The Bertz CT molecular complexity index is 1810. The molecule has 0 saturated heterocycles. The summed E-state index contributed by atoms with van der Waals surface area (Å²) in [5.41, 5.74) is 1.55. The van der Waals surface area contributed by atoms with Crippen molar-refractivity contribution < 1.29 is 36.2 Å². The maximum atomic E-state index is 14.4. The van der Waals surface area contributed by atoms with E-state index in [1.54, 1.807) is 25.5 Å². The molecule has 3 aromatic carbocycles. The number of aromatic nitrogens is 2. The number of nitrogens with one attached hydrogen (secondary N) is 2. The van der Waals surface area contributed by atoms with Crippen LogP contribution in [0.1, 0.15) is 15.9 Å². The molecule has 0 atom stereocenters. The lowest BCUT2D eigenvalue weighted by molar-refractivity contribution is -0.274. The van der Waals surface area contributed by atoms with Crippen molar-refractivity contribution in [1.82, 2.24) is 14.9 Å². The van der Waals surface area contributed by atoms with Gasteiger partial charge in [0.2, 0.25) is 0 Å². The van der Waals surface area contributed by atoms with Crippen LogP contribution in [0.3, 0.4) is 0 Å². The molecule has 5 rings (SSSR count). The summed E-state index contributed by atoms with van der Waals surface area (Å²) >= 11 is 0. The second-order valence-electron chi connectivity index (χ2n) is 8.99. The van der Waals surface area contributed by atoms with Gasteiger partial charge in [-0.3, -0.25) is 9.59 Å². The molecule has 0 spiro atoms. The predicted octanol–water partition coefficient (Wildman–Crippen LogP) is 6.43. The quantitative estimate of drug-likeness (QED) is 0.221. The summed E-state index contributed by atoms with van der Waals surface area (Å²) in [5.74, 6) is -2.74. The summed E-state index contributed by atoms with van der Waals surface area (Å²) in [6.45, 7) is 0.00139. The van der Waals surface area contributed by atoms with Crippen molar-refractivity contribution in [1.29, 1.82) is 0 Å². The molecule has 210 valence electrons. The van der Waals surface area contributed by atoms with Crippen molar-refractivity contribution in [2.24, 2.45) is 7.05 Å². The van der Waals surface area contributed by atoms with Crippen LogP contribution in [-0.4, -0.2) is 21.8 Å². The fourth-order valence-corrected chi connectivity index (χ4v) is 4.22. The first-order chi connectivity index (χ1) is 19.5. The highest BCUT2D eigenvalue weighted by molar-refractivity contribution is 6.00. The predicted molar refractivity (Wildman–Crippen MR) is 140 cm³/mol. The summed E-state index contributed by atoms with van der Waals surface area (Å²) in [5, 5.41) is 3.22.